The van der Waals surface area contributed by atoms with Crippen molar-refractivity contribution in [2.75, 3.05) is 7.11 Å². The number of rotatable bonds is 3. The number of nitrogens with zero attached hydrogens (tertiary/aromatic N) is 3. The van der Waals surface area contributed by atoms with E-state index in [-0.39, 0.29) is 10.5 Å². The molecule has 0 fully saturated rings. The quantitative estimate of drug-likeness (QED) is 0.525. The van der Waals surface area contributed by atoms with Crippen molar-refractivity contribution in [3.63, 3.8) is 0 Å². The Morgan fingerprint density at radius 3 is 2.86 bits per heavy atom. The number of carbonyl (C=O) groups excluding carboxylic acids is 1. The molecule has 2 aromatic heterocycles. The first kappa shape index (κ1) is 14.8. The number of ether oxygens (including phenoxy) is 1. The van der Waals surface area contributed by atoms with Gasteiger partial charge in [0.15, 0.2) is 0 Å². The van der Waals surface area contributed by atoms with E-state index in [0.717, 1.165) is 16.3 Å². The van der Waals surface area contributed by atoms with Crippen molar-refractivity contribution in [1.29, 1.82) is 0 Å². The topological polar surface area (TPSA) is 89.3 Å². The monoisotopic (exact) mass is 304 g/mol. The van der Waals surface area contributed by atoms with Crippen LogP contribution in [0.2, 0.25) is 0 Å². The zero-order valence-electron chi connectivity index (χ0n) is 11.4. The average Bonchev–Trinajstić information content (AvgIpc) is 2.50. The van der Waals surface area contributed by atoms with E-state index in [1.54, 1.807) is 25.4 Å². The lowest BCUT2D eigenvalue weighted by Gasteiger charge is -2.04. The number of nitrogens with one attached hydrogen (secondary N) is 1. The molecule has 0 saturated carbocycles. The largest absolute Gasteiger partial charge is 0.464 e. The molecule has 0 amide bonds. The van der Waals surface area contributed by atoms with Crippen molar-refractivity contribution in [2.24, 2.45) is 5.10 Å². The summed E-state index contributed by atoms with van der Waals surface area (Å²) in [6.07, 6.45) is 3.26. The molecule has 2 heterocycles. The highest BCUT2D eigenvalue weighted by atomic mass is 32.1. The molecule has 7 nitrogen and oxygen atoms in total. The van der Waals surface area contributed by atoms with Gasteiger partial charge in [0.05, 0.1) is 12.8 Å². The van der Waals surface area contributed by atoms with E-state index in [1.807, 2.05) is 6.07 Å². The lowest BCUT2D eigenvalue weighted by atomic mass is 10.2. The van der Waals surface area contributed by atoms with Crippen molar-refractivity contribution in [2.45, 2.75) is 6.92 Å². The van der Waals surface area contributed by atoms with Gasteiger partial charge in [-0.2, -0.15) is 9.78 Å². The van der Waals surface area contributed by atoms with E-state index < -0.39 is 11.5 Å². The van der Waals surface area contributed by atoms with Crippen LogP contribution in [0.3, 0.4) is 0 Å². The minimum absolute atomic E-state index is 0.00569. The molecule has 0 bridgehead atoms. The molecule has 1 N–H and O–H groups in total. The Bertz CT molecular complexity index is 777. The maximum atomic E-state index is 12.0. The number of H-pyrrole nitrogens is 1. The minimum atomic E-state index is -0.668. The first-order valence-electron chi connectivity index (χ1n) is 5.93. The second-order valence-electron chi connectivity index (χ2n) is 4.06. The van der Waals surface area contributed by atoms with Crippen molar-refractivity contribution < 1.29 is 9.53 Å². The number of carbonyl (C=O) groups is 1. The summed E-state index contributed by atoms with van der Waals surface area (Å²) in [5.74, 6) is -0.668. The molecule has 0 saturated heterocycles. The van der Waals surface area contributed by atoms with Gasteiger partial charge in [-0.3, -0.25) is 9.78 Å². The Morgan fingerprint density at radius 2 is 2.29 bits per heavy atom. The van der Waals surface area contributed by atoms with Crippen molar-refractivity contribution in [3.8, 4) is 0 Å². The molecule has 0 atom stereocenters. The maximum Gasteiger partial charge on any atom is 0.354 e. The minimum Gasteiger partial charge on any atom is -0.464 e. The fourth-order valence-electron chi connectivity index (χ4n) is 1.59. The highest BCUT2D eigenvalue weighted by Gasteiger charge is 2.09. The lowest BCUT2D eigenvalue weighted by molar-refractivity contribution is 0.0593. The van der Waals surface area contributed by atoms with Gasteiger partial charge in [0.2, 0.25) is 4.77 Å². The summed E-state index contributed by atoms with van der Waals surface area (Å²) in [5, 5.41) is 4.15. The Balaban J connectivity index is 2.49. The number of pyridine rings is 1. The number of aromatic amines is 1. The molecule has 0 radical (unpaired) electrons. The number of aromatic nitrogens is 3. The number of esters is 1. The summed E-state index contributed by atoms with van der Waals surface area (Å²) >= 11 is 5.04. The molecular weight excluding hydrogens is 292 g/mol. The fraction of sp³-hybridized carbons (Fsp3) is 0.154. The molecule has 0 aromatic carbocycles. The van der Waals surface area contributed by atoms with Gasteiger partial charge in [-0.1, -0.05) is 6.07 Å². The summed E-state index contributed by atoms with van der Waals surface area (Å²) in [6.45, 7) is 1.73. The number of methoxy groups -OCH3 is 1. The van der Waals surface area contributed by atoms with Crippen LogP contribution in [0.25, 0.3) is 0 Å². The summed E-state index contributed by atoms with van der Waals surface area (Å²) in [5.41, 5.74) is 0.784. The van der Waals surface area contributed by atoms with Gasteiger partial charge in [-0.25, -0.2) is 4.79 Å². The zero-order valence-corrected chi connectivity index (χ0v) is 12.2. The summed E-state index contributed by atoms with van der Waals surface area (Å²) in [7, 11) is 1.22. The lowest BCUT2D eigenvalue weighted by Crippen LogP contribution is -2.22. The molecule has 0 aliphatic rings. The molecule has 21 heavy (non-hydrogen) atoms. The normalized spacial score (nSPS) is 11.2. The molecule has 8 heteroatoms. The van der Waals surface area contributed by atoms with Crippen LogP contribution in [-0.2, 0) is 4.74 Å². The predicted molar refractivity (Wildman–Crippen MR) is 79.1 cm³/mol. The number of hydrogen-bond acceptors (Lipinski definition) is 6. The standard InChI is InChI=1S/C13H12N4O3S/c1-8(9-4-3-5-14-7-9)16-17-11(18)6-10(12(19)20-2)15-13(17)21/h3-7H,1-2H3,(H,15,21)/b16-8+. The third kappa shape index (κ3) is 3.29. The summed E-state index contributed by atoms with van der Waals surface area (Å²) < 4.78 is 5.54. The van der Waals surface area contributed by atoms with Crippen LogP contribution in [0.5, 0.6) is 0 Å². The van der Waals surface area contributed by atoms with Gasteiger partial charge in [0.1, 0.15) is 5.69 Å². The van der Waals surface area contributed by atoms with Gasteiger partial charge >= 0.3 is 5.97 Å². The first-order chi connectivity index (χ1) is 10.0. The van der Waals surface area contributed by atoms with Gasteiger partial charge in [0.25, 0.3) is 5.56 Å². The molecule has 2 aromatic rings. The maximum absolute atomic E-state index is 12.0. The van der Waals surface area contributed by atoms with Gasteiger partial charge in [-0.05, 0) is 25.2 Å². The Kier molecular flexibility index (Phi) is 4.39. The Hall–Kier alpha value is -2.61. The average molecular weight is 304 g/mol. The van der Waals surface area contributed by atoms with Crippen LogP contribution in [0.1, 0.15) is 23.0 Å². The smallest absolute Gasteiger partial charge is 0.354 e. The van der Waals surface area contributed by atoms with Crippen molar-refractivity contribution in [3.05, 3.63) is 57.0 Å². The van der Waals surface area contributed by atoms with E-state index in [1.165, 1.54) is 7.11 Å². The van der Waals surface area contributed by atoms with Crippen LogP contribution in [-0.4, -0.2) is 33.4 Å². The zero-order chi connectivity index (χ0) is 15.4. The molecule has 0 aliphatic heterocycles. The Labute approximate surface area is 124 Å². The second kappa shape index (κ2) is 6.23. The van der Waals surface area contributed by atoms with E-state index in [0.29, 0.717) is 5.71 Å². The van der Waals surface area contributed by atoms with E-state index in [4.69, 9.17) is 12.2 Å². The van der Waals surface area contributed by atoms with Crippen LogP contribution in [0.15, 0.2) is 40.5 Å². The van der Waals surface area contributed by atoms with E-state index in [2.05, 4.69) is 19.8 Å². The molecule has 0 unspecified atom stereocenters. The van der Waals surface area contributed by atoms with Crippen molar-refractivity contribution >= 4 is 23.9 Å². The van der Waals surface area contributed by atoms with Crippen LogP contribution >= 0.6 is 12.2 Å². The van der Waals surface area contributed by atoms with Crippen molar-refractivity contribution in [1.82, 2.24) is 14.6 Å². The molecule has 2 rings (SSSR count). The SMILES string of the molecule is COC(=O)c1cc(=O)n(/N=C(\C)c2cccnc2)c(=S)[nH]1. The van der Waals surface area contributed by atoms with Crippen LogP contribution in [0.4, 0.5) is 0 Å². The third-order valence-corrected chi connectivity index (χ3v) is 2.92. The highest BCUT2D eigenvalue weighted by molar-refractivity contribution is 7.71. The third-order valence-electron chi connectivity index (χ3n) is 2.65. The first-order valence-corrected chi connectivity index (χ1v) is 6.34. The van der Waals surface area contributed by atoms with Crippen LogP contribution < -0.4 is 5.56 Å². The number of hydrogen-bond donors (Lipinski definition) is 1. The second-order valence-corrected chi connectivity index (χ2v) is 4.44. The van der Waals surface area contributed by atoms with Crippen LogP contribution in [0, 0.1) is 4.77 Å². The van der Waals surface area contributed by atoms with Gasteiger partial charge < -0.3 is 9.72 Å². The van der Waals surface area contributed by atoms with E-state index in [9.17, 15) is 9.59 Å². The molecule has 108 valence electrons. The molecule has 0 aliphatic carbocycles. The van der Waals surface area contributed by atoms with Gasteiger partial charge in [-0.15, -0.1) is 0 Å². The fourth-order valence-corrected chi connectivity index (χ4v) is 1.83. The van der Waals surface area contributed by atoms with E-state index >= 15 is 0 Å². The Morgan fingerprint density at radius 1 is 1.52 bits per heavy atom. The molecule has 0 spiro atoms. The molecular formula is C13H12N4O3S. The van der Waals surface area contributed by atoms with Gasteiger partial charge in [0, 0.05) is 24.0 Å². The summed E-state index contributed by atoms with van der Waals surface area (Å²) in [6, 6.07) is 4.66. The summed E-state index contributed by atoms with van der Waals surface area (Å²) in [4.78, 5) is 30.0. The predicted octanol–water partition coefficient (Wildman–Crippen LogP) is 1.36. The highest BCUT2D eigenvalue weighted by Crippen LogP contribution is 2.00.